The highest BCUT2D eigenvalue weighted by Gasteiger charge is 2.28. The molecule has 0 saturated heterocycles. The molecular formula is C14H27N3. The molecule has 1 heterocycles. The molecule has 0 amide bonds. The van der Waals surface area contributed by atoms with Crippen LogP contribution in [-0.2, 0) is 13.5 Å². The van der Waals surface area contributed by atoms with E-state index in [-0.39, 0.29) is 5.41 Å². The van der Waals surface area contributed by atoms with Gasteiger partial charge in [-0.25, -0.2) is 0 Å². The normalized spacial score (nSPS) is 14.0. The van der Waals surface area contributed by atoms with Crippen LogP contribution in [0.5, 0.6) is 0 Å². The predicted octanol–water partition coefficient (Wildman–Crippen LogP) is 3.07. The van der Waals surface area contributed by atoms with Crippen LogP contribution in [-0.4, -0.2) is 16.3 Å². The number of nitrogens with one attached hydrogen (secondary N) is 1. The smallest absolute Gasteiger partial charge is 0.0625 e. The third-order valence-electron chi connectivity index (χ3n) is 3.09. The van der Waals surface area contributed by atoms with Crippen molar-refractivity contribution in [3.05, 3.63) is 17.5 Å². The third-order valence-corrected chi connectivity index (χ3v) is 3.09. The molecule has 0 aromatic carbocycles. The molecule has 3 nitrogen and oxygen atoms in total. The highest BCUT2D eigenvalue weighted by atomic mass is 15.3. The molecule has 1 atom stereocenters. The summed E-state index contributed by atoms with van der Waals surface area (Å²) in [4.78, 5) is 0. The van der Waals surface area contributed by atoms with E-state index in [4.69, 9.17) is 0 Å². The number of aromatic nitrogens is 2. The summed E-state index contributed by atoms with van der Waals surface area (Å²) in [5, 5.41) is 8.19. The quantitative estimate of drug-likeness (QED) is 0.853. The Hall–Kier alpha value is -0.830. The Morgan fingerprint density at radius 2 is 2.00 bits per heavy atom. The molecule has 17 heavy (non-hydrogen) atoms. The Kier molecular flexibility index (Phi) is 4.75. The van der Waals surface area contributed by atoms with E-state index in [0.29, 0.717) is 6.04 Å². The SMILES string of the molecule is CCCNC(c1cc(CC)nn1C)C(C)(C)C. The minimum atomic E-state index is 0.202. The molecule has 98 valence electrons. The molecule has 0 radical (unpaired) electrons. The summed E-state index contributed by atoms with van der Waals surface area (Å²) in [7, 11) is 2.04. The molecule has 0 aliphatic heterocycles. The molecule has 1 aromatic heterocycles. The monoisotopic (exact) mass is 237 g/mol. The van der Waals surface area contributed by atoms with Gasteiger partial charge in [-0.05, 0) is 30.9 Å². The first-order valence-corrected chi connectivity index (χ1v) is 6.66. The van der Waals surface area contributed by atoms with Gasteiger partial charge < -0.3 is 5.32 Å². The van der Waals surface area contributed by atoms with Gasteiger partial charge in [-0.2, -0.15) is 5.10 Å². The van der Waals surface area contributed by atoms with E-state index in [1.165, 1.54) is 11.4 Å². The molecule has 0 fully saturated rings. The van der Waals surface area contributed by atoms with Gasteiger partial charge in [0.2, 0.25) is 0 Å². The fraction of sp³-hybridized carbons (Fsp3) is 0.786. The highest BCUT2D eigenvalue weighted by molar-refractivity contribution is 5.16. The van der Waals surface area contributed by atoms with Crippen molar-refractivity contribution in [3.63, 3.8) is 0 Å². The van der Waals surface area contributed by atoms with E-state index in [2.05, 4.69) is 51.1 Å². The number of hydrogen-bond donors (Lipinski definition) is 1. The van der Waals surface area contributed by atoms with Crippen molar-refractivity contribution in [1.29, 1.82) is 0 Å². The van der Waals surface area contributed by atoms with Crippen LogP contribution in [0.2, 0.25) is 0 Å². The summed E-state index contributed by atoms with van der Waals surface area (Å²) in [6.07, 6.45) is 2.16. The molecule has 0 bridgehead atoms. The molecule has 1 aromatic rings. The average Bonchev–Trinajstić information content (AvgIpc) is 2.59. The Balaban J connectivity index is 2.99. The van der Waals surface area contributed by atoms with Gasteiger partial charge in [-0.15, -0.1) is 0 Å². The maximum Gasteiger partial charge on any atom is 0.0625 e. The first kappa shape index (κ1) is 14.2. The Morgan fingerprint density at radius 3 is 2.41 bits per heavy atom. The van der Waals surface area contributed by atoms with Crippen molar-refractivity contribution < 1.29 is 0 Å². The van der Waals surface area contributed by atoms with Gasteiger partial charge in [0.05, 0.1) is 17.4 Å². The van der Waals surface area contributed by atoms with E-state index in [1.807, 2.05) is 11.7 Å². The summed E-state index contributed by atoms with van der Waals surface area (Å²) in [6, 6.07) is 2.60. The molecule has 0 saturated carbocycles. The predicted molar refractivity (Wildman–Crippen MR) is 73.1 cm³/mol. The number of nitrogens with zero attached hydrogens (tertiary/aromatic N) is 2. The molecule has 3 heteroatoms. The van der Waals surface area contributed by atoms with Crippen LogP contribution < -0.4 is 5.32 Å². The molecular weight excluding hydrogens is 210 g/mol. The molecule has 1 rings (SSSR count). The van der Waals surface area contributed by atoms with Gasteiger partial charge >= 0.3 is 0 Å². The van der Waals surface area contributed by atoms with Crippen LogP contribution in [0, 0.1) is 5.41 Å². The van der Waals surface area contributed by atoms with Gasteiger partial charge in [-0.1, -0.05) is 34.6 Å². The van der Waals surface area contributed by atoms with Gasteiger partial charge in [0.25, 0.3) is 0 Å². The second kappa shape index (κ2) is 5.67. The van der Waals surface area contributed by atoms with E-state index >= 15 is 0 Å². The summed E-state index contributed by atoms with van der Waals surface area (Å²) < 4.78 is 2.03. The van der Waals surface area contributed by atoms with Crippen LogP contribution in [0.25, 0.3) is 0 Å². The minimum absolute atomic E-state index is 0.202. The van der Waals surface area contributed by atoms with E-state index in [9.17, 15) is 0 Å². The Bertz CT molecular complexity index is 347. The van der Waals surface area contributed by atoms with Gasteiger partial charge in [-0.3, -0.25) is 4.68 Å². The zero-order valence-corrected chi connectivity index (χ0v) is 12.2. The van der Waals surface area contributed by atoms with E-state index in [0.717, 1.165) is 19.4 Å². The third kappa shape index (κ3) is 3.56. The first-order valence-electron chi connectivity index (χ1n) is 6.66. The Labute approximate surface area is 106 Å². The van der Waals surface area contributed by atoms with Crippen LogP contribution in [0.1, 0.15) is 58.5 Å². The lowest BCUT2D eigenvalue weighted by Crippen LogP contribution is -2.34. The second-order valence-electron chi connectivity index (χ2n) is 5.79. The lowest BCUT2D eigenvalue weighted by molar-refractivity contribution is 0.261. The maximum absolute atomic E-state index is 4.55. The zero-order chi connectivity index (χ0) is 13.1. The van der Waals surface area contributed by atoms with E-state index < -0.39 is 0 Å². The van der Waals surface area contributed by atoms with E-state index in [1.54, 1.807) is 0 Å². The molecule has 0 aliphatic rings. The lowest BCUT2D eigenvalue weighted by Gasteiger charge is -2.31. The average molecular weight is 237 g/mol. The largest absolute Gasteiger partial charge is 0.308 e. The molecule has 0 aliphatic carbocycles. The summed E-state index contributed by atoms with van der Waals surface area (Å²) in [6.45, 7) is 12.2. The van der Waals surface area contributed by atoms with Crippen molar-refractivity contribution in [2.75, 3.05) is 6.54 Å². The fourth-order valence-electron chi connectivity index (χ4n) is 2.13. The molecule has 1 N–H and O–H groups in total. The van der Waals surface area contributed by atoms with Crippen LogP contribution in [0.15, 0.2) is 6.07 Å². The van der Waals surface area contributed by atoms with Crippen molar-refractivity contribution >= 4 is 0 Å². The highest BCUT2D eigenvalue weighted by Crippen LogP contribution is 2.32. The van der Waals surface area contributed by atoms with Crippen LogP contribution in [0.4, 0.5) is 0 Å². The topological polar surface area (TPSA) is 29.9 Å². The fourth-order valence-corrected chi connectivity index (χ4v) is 2.13. The van der Waals surface area contributed by atoms with Crippen molar-refractivity contribution in [2.45, 2.75) is 53.5 Å². The van der Waals surface area contributed by atoms with Crippen LogP contribution in [0.3, 0.4) is 0 Å². The van der Waals surface area contributed by atoms with Gasteiger partial charge in [0.1, 0.15) is 0 Å². The van der Waals surface area contributed by atoms with Crippen LogP contribution >= 0.6 is 0 Å². The van der Waals surface area contributed by atoms with Crippen molar-refractivity contribution in [1.82, 2.24) is 15.1 Å². The number of hydrogen-bond acceptors (Lipinski definition) is 2. The number of aryl methyl sites for hydroxylation is 2. The number of rotatable bonds is 5. The summed E-state index contributed by atoms with van der Waals surface area (Å²) in [5.74, 6) is 0. The summed E-state index contributed by atoms with van der Waals surface area (Å²) >= 11 is 0. The summed E-state index contributed by atoms with van der Waals surface area (Å²) in [5.41, 5.74) is 2.67. The standard InChI is InChI=1S/C14H27N3/c1-7-9-15-13(14(3,4)5)12-10-11(8-2)16-17(12)6/h10,13,15H,7-9H2,1-6H3. The van der Waals surface area contributed by atoms with Gasteiger partial charge in [0.15, 0.2) is 0 Å². The van der Waals surface area contributed by atoms with Gasteiger partial charge in [0, 0.05) is 7.05 Å². The van der Waals surface area contributed by atoms with Crippen molar-refractivity contribution in [2.24, 2.45) is 12.5 Å². The molecule has 0 spiro atoms. The lowest BCUT2D eigenvalue weighted by atomic mass is 9.84. The van der Waals surface area contributed by atoms with Crippen molar-refractivity contribution in [3.8, 4) is 0 Å². The maximum atomic E-state index is 4.55. The Morgan fingerprint density at radius 1 is 1.35 bits per heavy atom. The zero-order valence-electron chi connectivity index (χ0n) is 12.2. The minimum Gasteiger partial charge on any atom is -0.308 e. The first-order chi connectivity index (χ1) is 7.90. The second-order valence-corrected chi connectivity index (χ2v) is 5.79. The molecule has 1 unspecified atom stereocenters.